The van der Waals surface area contributed by atoms with Gasteiger partial charge in [0.05, 0.1) is 0 Å². The third-order valence-electron chi connectivity index (χ3n) is 2.77. The summed E-state index contributed by atoms with van der Waals surface area (Å²) in [6.45, 7) is 1.75. The molecule has 0 spiro atoms. The highest BCUT2D eigenvalue weighted by molar-refractivity contribution is 5.76. The normalized spacial score (nSPS) is 16.8. The number of rotatable bonds is 5. The van der Waals surface area contributed by atoms with E-state index < -0.39 is 0 Å². The first-order chi connectivity index (χ1) is 6.24. The standard InChI is InChI=1S/C10H20N2O/c1-11-7-6-10(13)12(2)8-9-4-3-5-9/h9,11H,3-8H2,1-2H3. The van der Waals surface area contributed by atoms with Gasteiger partial charge in [0.1, 0.15) is 0 Å². The van der Waals surface area contributed by atoms with Crippen molar-refractivity contribution in [3.63, 3.8) is 0 Å². The van der Waals surface area contributed by atoms with Gasteiger partial charge in [-0.15, -0.1) is 0 Å². The van der Waals surface area contributed by atoms with Crippen LogP contribution < -0.4 is 5.32 Å². The van der Waals surface area contributed by atoms with Crippen molar-refractivity contribution in [3.8, 4) is 0 Å². The lowest BCUT2D eigenvalue weighted by molar-refractivity contribution is -0.130. The van der Waals surface area contributed by atoms with Crippen LogP contribution in [0.5, 0.6) is 0 Å². The van der Waals surface area contributed by atoms with Crippen molar-refractivity contribution < 1.29 is 4.79 Å². The molecule has 1 saturated carbocycles. The van der Waals surface area contributed by atoms with Crippen molar-refractivity contribution >= 4 is 5.91 Å². The average molecular weight is 184 g/mol. The number of nitrogens with one attached hydrogen (secondary N) is 1. The van der Waals surface area contributed by atoms with E-state index in [0.29, 0.717) is 6.42 Å². The summed E-state index contributed by atoms with van der Waals surface area (Å²) < 4.78 is 0. The molecule has 76 valence electrons. The van der Waals surface area contributed by atoms with Crippen LogP contribution in [0.15, 0.2) is 0 Å². The second-order valence-electron chi connectivity index (χ2n) is 3.92. The van der Waals surface area contributed by atoms with E-state index in [2.05, 4.69) is 5.32 Å². The van der Waals surface area contributed by atoms with Crippen LogP contribution in [0, 0.1) is 5.92 Å². The van der Waals surface area contributed by atoms with Crippen LogP contribution in [-0.2, 0) is 4.79 Å². The van der Waals surface area contributed by atoms with Crippen LogP contribution in [0.3, 0.4) is 0 Å². The largest absolute Gasteiger partial charge is 0.345 e. The summed E-state index contributed by atoms with van der Waals surface area (Å²) in [4.78, 5) is 13.3. The number of nitrogens with zero attached hydrogens (tertiary/aromatic N) is 1. The quantitative estimate of drug-likeness (QED) is 0.687. The molecule has 1 rings (SSSR count). The number of hydrogen-bond donors (Lipinski definition) is 1. The smallest absolute Gasteiger partial charge is 0.223 e. The van der Waals surface area contributed by atoms with Crippen molar-refractivity contribution in [2.75, 3.05) is 27.2 Å². The molecule has 0 unspecified atom stereocenters. The fraction of sp³-hybridized carbons (Fsp3) is 0.900. The van der Waals surface area contributed by atoms with E-state index >= 15 is 0 Å². The van der Waals surface area contributed by atoms with Crippen LogP contribution >= 0.6 is 0 Å². The summed E-state index contributed by atoms with van der Waals surface area (Å²) >= 11 is 0. The molecule has 3 heteroatoms. The Labute approximate surface area is 80.5 Å². The molecular weight excluding hydrogens is 164 g/mol. The first-order valence-electron chi connectivity index (χ1n) is 5.12. The van der Waals surface area contributed by atoms with E-state index in [1.54, 1.807) is 0 Å². The lowest BCUT2D eigenvalue weighted by atomic mass is 9.85. The number of carbonyl (C=O) groups excluding carboxylic acids is 1. The Balaban J connectivity index is 2.13. The molecule has 0 bridgehead atoms. The van der Waals surface area contributed by atoms with Crippen molar-refractivity contribution in [1.29, 1.82) is 0 Å². The highest BCUT2D eigenvalue weighted by Gasteiger charge is 2.20. The Morgan fingerprint density at radius 3 is 2.69 bits per heavy atom. The zero-order valence-corrected chi connectivity index (χ0v) is 8.68. The first kappa shape index (κ1) is 10.5. The van der Waals surface area contributed by atoms with Gasteiger partial charge in [0, 0.05) is 26.6 Å². The number of hydrogen-bond acceptors (Lipinski definition) is 2. The molecule has 13 heavy (non-hydrogen) atoms. The fourth-order valence-electron chi connectivity index (χ4n) is 1.59. The Hall–Kier alpha value is -0.570. The predicted octanol–water partition coefficient (Wildman–Crippen LogP) is 0.854. The Bertz CT molecular complexity index is 166. The maximum atomic E-state index is 11.5. The number of amides is 1. The summed E-state index contributed by atoms with van der Waals surface area (Å²) in [5.74, 6) is 1.05. The highest BCUT2D eigenvalue weighted by atomic mass is 16.2. The van der Waals surface area contributed by atoms with Crippen LogP contribution in [0.25, 0.3) is 0 Å². The monoisotopic (exact) mass is 184 g/mol. The average Bonchev–Trinajstić information content (AvgIpc) is 2.06. The van der Waals surface area contributed by atoms with Crippen molar-refractivity contribution in [2.45, 2.75) is 25.7 Å². The maximum Gasteiger partial charge on any atom is 0.223 e. The van der Waals surface area contributed by atoms with Gasteiger partial charge in [0.15, 0.2) is 0 Å². The summed E-state index contributed by atoms with van der Waals surface area (Å²) in [6, 6.07) is 0. The number of carbonyl (C=O) groups is 1. The van der Waals surface area contributed by atoms with Gasteiger partial charge in [-0.25, -0.2) is 0 Å². The molecule has 1 aliphatic carbocycles. The van der Waals surface area contributed by atoms with Gasteiger partial charge in [0.25, 0.3) is 0 Å². The molecule has 0 heterocycles. The van der Waals surface area contributed by atoms with Crippen molar-refractivity contribution in [1.82, 2.24) is 10.2 Å². The van der Waals surface area contributed by atoms with Crippen LogP contribution in [0.4, 0.5) is 0 Å². The SMILES string of the molecule is CNCCC(=O)N(C)CC1CCC1. The molecule has 0 atom stereocenters. The van der Waals surface area contributed by atoms with Crippen molar-refractivity contribution in [3.05, 3.63) is 0 Å². The van der Waals surface area contributed by atoms with Gasteiger partial charge >= 0.3 is 0 Å². The lowest BCUT2D eigenvalue weighted by Gasteiger charge is -2.30. The van der Waals surface area contributed by atoms with Gasteiger partial charge < -0.3 is 10.2 Å². The molecule has 0 aromatic carbocycles. The van der Waals surface area contributed by atoms with E-state index in [1.165, 1.54) is 19.3 Å². The molecule has 1 fully saturated rings. The molecule has 0 saturated heterocycles. The molecule has 1 aliphatic rings. The molecule has 1 N–H and O–H groups in total. The van der Waals surface area contributed by atoms with Gasteiger partial charge in [-0.2, -0.15) is 0 Å². The second kappa shape index (κ2) is 5.22. The van der Waals surface area contributed by atoms with Gasteiger partial charge in [-0.3, -0.25) is 4.79 Å². The molecule has 0 aromatic rings. The third kappa shape index (κ3) is 3.35. The van der Waals surface area contributed by atoms with E-state index in [1.807, 2.05) is 19.0 Å². The summed E-state index contributed by atoms with van der Waals surface area (Å²) in [7, 11) is 3.79. The van der Waals surface area contributed by atoms with Crippen molar-refractivity contribution in [2.24, 2.45) is 5.92 Å². The van der Waals surface area contributed by atoms with E-state index in [-0.39, 0.29) is 5.91 Å². The summed E-state index contributed by atoms with van der Waals surface area (Å²) in [5, 5.41) is 2.99. The third-order valence-corrected chi connectivity index (χ3v) is 2.77. The summed E-state index contributed by atoms with van der Waals surface area (Å²) in [6.07, 6.45) is 4.59. The predicted molar refractivity (Wildman–Crippen MR) is 53.5 cm³/mol. The Kier molecular flexibility index (Phi) is 4.22. The van der Waals surface area contributed by atoms with Crippen LogP contribution in [0.1, 0.15) is 25.7 Å². The van der Waals surface area contributed by atoms with Gasteiger partial charge in [0.2, 0.25) is 5.91 Å². The maximum absolute atomic E-state index is 11.5. The highest BCUT2D eigenvalue weighted by Crippen LogP contribution is 2.26. The molecule has 0 radical (unpaired) electrons. The minimum Gasteiger partial charge on any atom is -0.345 e. The molecule has 1 amide bonds. The zero-order valence-electron chi connectivity index (χ0n) is 8.68. The fourth-order valence-corrected chi connectivity index (χ4v) is 1.59. The topological polar surface area (TPSA) is 32.3 Å². The van der Waals surface area contributed by atoms with E-state index in [4.69, 9.17) is 0 Å². The second-order valence-corrected chi connectivity index (χ2v) is 3.92. The molecular formula is C10H20N2O. The van der Waals surface area contributed by atoms with Crippen LogP contribution in [0.2, 0.25) is 0 Å². The lowest BCUT2D eigenvalue weighted by Crippen LogP contribution is -2.35. The van der Waals surface area contributed by atoms with E-state index in [9.17, 15) is 4.79 Å². The van der Waals surface area contributed by atoms with Gasteiger partial charge in [-0.05, 0) is 25.8 Å². The van der Waals surface area contributed by atoms with Gasteiger partial charge in [-0.1, -0.05) is 6.42 Å². The summed E-state index contributed by atoms with van der Waals surface area (Å²) in [5.41, 5.74) is 0. The molecule has 3 nitrogen and oxygen atoms in total. The Morgan fingerprint density at radius 2 is 2.23 bits per heavy atom. The zero-order chi connectivity index (χ0) is 9.68. The Morgan fingerprint density at radius 1 is 1.54 bits per heavy atom. The van der Waals surface area contributed by atoms with E-state index in [0.717, 1.165) is 19.0 Å². The first-order valence-corrected chi connectivity index (χ1v) is 5.12. The van der Waals surface area contributed by atoms with Crippen LogP contribution in [-0.4, -0.2) is 38.0 Å². The molecule has 0 aliphatic heterocycles. The molecule has 0 aromatic heterocycles. The minimum absolute atomic E-state index is 0.265. The minimum atomic E-state index is 0.265.